The fraction of sp³-hybridized carbons (Fsp3) is 1.00. The first-order valence-corrected chi connectivity index (χ1v) is 9.18. The SMILES string of the molecule is CCCC1(CN2CCN(S(C)(=O)=O)CC2)CCNC1. The summed E-state index contributed by atoms with van der Waals surface area (Å²) in [5.74, 6) is 0. The molecule has 0 aromatic carbocycles. The maximum atomic E-state index is 11.5. The van der Waals surface area contributed by atoms with Crippen molar-refractivity contribution in [2.45, 2.75) is 26.2 Å². The van der Waals surface area contributed by atoms with E-state index in [-0.39, 0.29) is 0 Å². The van der Waals surface area contributed by atoms with Gasteiger partial charge in [0.05, 0.1) is 6.26 Å². The number of hydrogen-bond acceptors (Lipinski definition) is 4. The van der Waals surface area contributed by atoms with Crippen molar-refractivity contribution in [2.75, 3.05) is 52.1 Å². The molecule has 2 aliphatic heterocycles. The van der Waals surface area contributed by atoms with Crippen LogP contribution in [-0.4, -0.2) is 69.7 Å². The van der Waals surface area contributed by atoms with E-state index in [0.29, 0.717) is 18.5 Å². The highest BCUT2D eigenvalue weighted by molar-refractivity contribution is 7.88. The number of piperazine rings is 1. The Kier molecular flexibility index (Phi) is 4.87. The highest BCUT2D eigenvalue weighted by Gasteiger charge is 2.35. The Balaban J connectivity index is 1.88. The number of hydrogen-bond donors (Lipinski definition) is 1. The predicted molar refractivity (Wildman–Crippen MR) is 77.7 cm³/mol. The van der Waals surface area contributed by atoms with Gasteiger partial charge in [-0.2, -0.15) is 4.31 Å². The largest absolute Gasteiger partial charge is 0.316 e. The minimum Gasteiger partial charge on any atom is -0.316 e. The van der Waals surface area contributed by atoms with Gasteiger partial charge in [0, 0.05) is 39.3 Å². The van der Waals surface area contributed by atoms with E-state index in [9.17, 15) is 8.42 Å². The van der Waals surface area contributed by atoms with Crippen molar-refractivity contribution in [3.8, 4) is 0 Å². The molecule has 0 aromatic rings. The van der Waals surface area contributed by atoms with Crippen molar-refractivity contribution in [3.63, 3.8) is 0 Å². The van der Waals surface area contributed by atoms with E-state index in [4.69, 9.17) is 0 Å². The van der Waals surface area contributed by atoms with Gasteiger partial charge in [-0.15, -0.1) is 0 Å². The number of sulfonamides is 1. The van der Waals surface area contributed by atoms with Crippen LogP contribution in [0.4, 0.5) is 0 Å². The molecule has 0 aromatic heterocycles. The predicted octanol–water partition coefficient (Wildman–Crippen LogP) is 0.343. The molecule has 1 N–H and O–H groups in total. The van der Waals surface area contributed by atoms with Crippen molar-refractivity contribution in [1.82, 2.24) is 14.5 Å². The van der Waals surface area contributed by atoms with Gasteiger partial charge in [0.15, 0.2) is 0 Å². The Morgan fingerprint density at radius 2 is 1.89 bits per heavy atom. The summed E-state index contributed by atoms with van der Waals surface area (Å²) in [7, 11) is -3.01. The molecule has 0 bridgehead atoms. The van der Waals surface area contributed by atoms with Crippen molar-refractivity contribution in [1.29, 1.82) is 0 Å². The summed E-state index contributed by atoms with van der Waals surface area (Å²) in [5.41, 5.74) is 0.419. The van der Waals surface area contributed by atoms with Crippen LogP contribution in [0.1, 0.15) is 26.2 Å². The van der Waals surface area contributed by atoms with Crippen LogP contribution in [0.3, 0.4) is 0 Å². The first-order chi connectivity index (χ1) is 8.95. The summed E-state index contributed by atoms with van der Waals surface area (Å²) < 4.78 is 24.6. The lowest BCUT2D eigenvalue weighted by atomic mass is 9.82. The summed E-state index contributed by atoms with van der Waals surface area (Å²) in [5, 5.41) is 3.49. The zero-order valence-electron chi connectivity index (χ0n) is 12.2. The fourth-order valence-corrected chi connectivity index (χ4v) is 4.27. The molecule has 1 unspecified atom stereocenters. The average Bonchev–Trinajstić information content (AvgIpc) is 2.77. The van der Waals surface area contributed by atoms with Crippen LogP contribution in [0.5, 0.6) is 0 Å². The van der Waals surface area contributed by atoms with Crippen LogP contribution < -0.4 is 5.32 Å². The third-order valence-corrected chi connectivity index (χ3v) is 5.77. The Morgan fingerprint density at radius 3 is 2.37 bits per heavy atom. The molecule has 2 heterocycles. The van der Waals surface area contributed by atoms with E-state index in [2.05, 4.69) is 17.1 Å². The summed E-state index contributed by atoms with van der Waals surface area (Å²) in [6, 6.07) is 0. The summed E-state index contributed by atoms with van der Waals surface area (Å²) >= 11 is 0. The smallest absolute Gasteiger partial charge is 0.211 e. The summed E-state index contributed by atoms with van der Waals surface area (Å²) in [4.78, 5) is 2.45. The Morgan fingerprint density at radius 1 is 1.21 bits per heavy atom. The molecule has 0 spiro atoms. The summed E-state index contributed by atoms with van der Waals surface area (Å²) in [6.45, 7) is 8.66. The minimum atomic E-state index is -3.01. The second-order valence-electron chi connectivity index (χ2n) is 6.11. The number of rotatable bonds is 5. The molecule has 6 heteroatoms. The molecule has 112 valence electrons. The summed E-state index contributed by atoms with van der Waals surface area (Å²) in [6.07, 6.45) is 5.06. The second kappa shape index (κ2) is 6.08. The van der Waals surface area contributed by atoms with Gasteiger partial charge >= 0.3 is 0 Å². The van der Waals surface area contributed by atoms with Crippen molar-refractivity contribution < 1.29 is 8.42 Å². The van der Waals surface area contributed by atoms with Crippen LogP contribution >= 0.6 is 0 Å². The molecular weight excluding hydrogens is 262 g/mol. The van der Waals surface area contributed by atoms with Gasteiger partial charge in [0.1, 0.15) is 0 Å². The monoisotopic (exact) mass is 289 g/mol. The second-order valence-corrected chi connectivity index (χ2v) is 8.10. The topological polar surface area (TPSA) is 52.7 Å². The first-order valence-electron chi connectivity index (χ1n) is 7.33. The van der Waals surface area contributed by atoms with Gasteiger partial charge in [-0.05, 0) is 24.8 Å². The molecule has 2 rings (SSSR count). The normalized spacial score (nSPS) is 30.8. The lowest BCUT2D eigenvalue weighted by molar-refractivity contribution is 0.116. The number of nitrogens with one attached hydrogen (secondary N) is 1. The van der Waals surface area contributed by atoms with Gasteiger partial charge in [-0.3, -0.25) is 0 Å². The molecule has 0 aliphatic carbocycles. The van der Waals surface area contributed by atoms with Crippen LogP contribution in [0.2, 0.25) is 0 Å². The molecular formula is C13H27N3O2S. The third kappa shape index (κ3) is 3.90. The van der Waals surface area contributed by atoms with E-state index in [1.54, 1.807) is 4.31 Å². The number of nitrogens with zero attached hydrogens (tertiary/aromatic N) is 2. The van der Waals surface area contributed by atoms with Gasteiger partial charge in [0.25, 0.3) is 0 Å². The van der Waals surface area contributed by atoms with Crippen molar-refractivity contribution >= 4 is 10.0 Å². The zero-order chi connectivity index (χ0) is 13.9. The molecule has 0 amide bonds. The van der Waals surface area contributed by atoms with Crippen LogP contribution in [0.15, 0.2) is 0 Å². The van der Waals surface area contributed by atoms with E-state index >= 15 is 0 Å². The lowest BCUT2D eigenvalue weighted by Gasteiger charge is -2.39. The Bertz CT molecular complexity index is 383. The Hall–Kier alpha value is -0.170. The molecule has 1 atom stereocenters. The quantitative estimate of drug-likeness (QED) is 0.793. The van der Waals surface area contributed by atoms with E-state index in [1.807, 2.05) is 0 Å². The van der Waals surface area contributed by atoms with Crippen molar-refractivity contribution in [3.05, 3.63) is 0 Å². The van der Waals surface area contributed by atoms with E-state index in [1.165, 1.54) is 25.5 Å². The lowest BCUT2D eigenvalue weighted by Crippen LogP contribution is -2.51. The van der Waals surface area contributed by atoms with Gasteiger partial charge in [-0.25, -0.2) is 8.42 Å². The maximum Gasteiger partial charge on any atom is 0.211 e. The fourth-order valence-electron chi connectivity index (χ4n) is 3.45. The molecule has 19 heavy (non-hydrogen) atoms. The van der Waals surface area contributed by atoms with Crippen LogP contribution in [0, 0.1) is 5.41 Å². The molecule has 2 fully saturated rings. The molecule has 2 saturated heterocycles. The Labute approximate surface area is 117 Å². The first kappa shape index (κ1) is 15.2. The molecule has 5 nitrogen and oxygen atoms in total. The van der Waals surface area contributed by atoms with Crippen molar-refractivity contribution in [2.24, 2.45) is 5.41 Å². The minimum absolute atomic E-state index is 0.419. The van der Waals surface area contributed by atoms with Crippen LogP contribution in [-0.2, 0) is 10.0 Å². The average molecular weight is 289 g/mol. The van der Waals surface area contributed by atoms with Gasteiger partial charge in [0.2, 0.25) is 10.0 Å². The zero-order valence-corrected chi connectivity index (χ0v) is 13.0. The highest BCUT2D eigenvalue weighted by atomic mass is 32.2. The standard InChI is InChI=1S/C13H27N3O2S/c1-3-4-13(5-6-14-11-13)12-15-7-9-16(10-8-15)19(2,17)18/h14H,3-12H2,1-2H3. The molecule has 2 aliphatic rings. The van der Waals surface area contributed by atoms with E-state index in [0.717, 1.165) is 32.7 Å². The highest BCUT2D eigenvalue weighted by Crippen LogP contribution is 2.32. The maximum absolute atomic E-state index is 11.5. The molecule has 0 radical (unpaired) electrons. The van der Waals surface area contributed by atoms with Gasteiger partial charge in [-0.1, -0.05) is 13.3 Å². The van der Waals surface area contributed by atoms with Gasteiger partial charge < -0.3 is 10.2 Å². The van der Waals surface area contributed by atoms with Crippen LogP contribution in [0.25, 0.3) is 0 Å². The molecule has 0 saturated carbocycles. The third-order valence-electron chi connectivity index (χ3n) is 4.47. The van der Waals surface area contributed by atoms with E-state index < -0.39 is 10.0 Å².